The first-order valence-electron chi connectivity index (χ1n) is 9.13. The van der Waals surface area contributed by atoms with E-state index in [-0.39, 0.29) is 17.6 Å². The molecule has 4 nitrogen and oxygen atoms in total. The average molecular weight is 434 g/mol. The molecule has 2 saturated heterocycles. The highest BCUT2D eigenvalue weighted by molar-refractivity contribution is 9.10. The van der Waals surface area contributed by atoms with Gasteiger partial charge in [-0.25, -0.2) is 4.98 Å². The normalized spacial score (nSPS) is 20.2. The van der Waals surface area contributed by atoms with E-state index in [2.05, 4.69) is 20.9 Å². The lowest BCUT2D eigenvalue weighted by Gasteiger charge is -2.35. The molecule has 144 valence electrons. The molecule has 0 aliphatic carbocycles. The SMILES string of the molecule is O=C(C1CCN(c2ncc(Br)cc2C(F)(F)F)CC1)N1CCCCCC1. The van der Waals surface area contributed by atoms with Crippen molar-refractivity contribution in [3.05, 3.63) is 22.3 Å². The van der Waals surface area contributed by atoms with Crippen LogP contribution in [0.3, 0.4) is 0 Å². The molecule has 8 heteroatoms. The molecule has 1 aromatic rings. The van der Waals surface area contributed by atoms with Crippen molar-refractivity contribution < 1.29 is 18.0 Å². The second-order valence-electron chi connectivity index (χ2n) is 7.02. The number of anilines is 1. The summed E-state index contributed by atoms with van der Waals surface area (Å²) in [4.78, 5) is 20.3. The van der Waals surface area contributed by atoms with Crippen LogP contribution in [0, 0.1) is 5.92 Å². The summed E-state index contributed by atoms with van der Waals surface area (Å²) >= 11 is 3.06. The zero-order valence-corrected chi connectivity index (χ0v) is 16.2. The summed E-state index contributed by atoms with van der Waals surface area (Å²) in [6, 6.07) is 1.07. The number of carbonyl (C=O) groups excluding carboxylic acids is 1. The lowest BCUT2D eigenvalue weighted by molar-refractivity contribution is -0.138. The van der Waals surface area contributed by atoms with Crippen LogP contribution in [0.5, 0.6) is 0 Å². The van der Waals surface area contributed by atoms with E-state index in [0.29, 0.717) is 30.4 Å². The lowest BCUT2D eigenvalue weighted by Crippen LogP contribution is -2.43. The Kier molecular flexibility index (Phi) is 6.10. The molecule has 0 atom stereocenters. The maximum atomic E-state index is 13.3. The van der Waals surface area contributed by atoms with Crippen LogP contribution in [0.1, 0.15) is 44.1 Å². The van der Waals surface area contributed by atoms with Crippen molar-refractivity contribution >= 4 is 27.7 Å². The fourth-order valence-corrected chi connectivity index (χ4v) is 4.11. The first-order chi connectivity index (χ1) is 12.4. The third-order valence-corrected chi connectivity index (χ3v) is 5.63. The highest BCUT2D eigenvalue weighted by Gasteiger charge is 2.37. The molecular weight excluding hydrogens is 411 g/mol. The van der Waals surface area contributed by atoms with Crippen LogP contribution in [0.2, 0.25) is 0 Å². The fourth-order valence-electron chi connectivity index (χ4n) is 3.78. The summed E-state index contributed by atoms with van der Waals surface area (Å²) in [5.41, 5.74) is -0.732. The summed E-state index contributed by atoms with van der Waals surface area (Å²) in [5.74, 6) is 0.0434. The van der Waals surface area contributed by atoms with Gasteiger partial charge < -0.3 is 9.80 Å². The molecule has 1 aromatic heterocycles. The minimum absolute atomic E-state index is 0.0404. The number of rotatable bonds is 2. The van der Waals surface area contributed by atoms with Crippen molar-refractivity contribution in [1.82, 2.24) is 9.88 Å². The lowest BCUT2D eigenvalue weighted by atomic mass is 9.94. The predicted octanol–water partition coefficient (Wildman–Crippen LogP) is 4.48. The number of halogens is 4. The second-order valence-corrected chi connectivity index (χ2v) is 7.94. The molecule has 3 rings (SSSR count). The molecule has 1 amide bonds. The van der Waals surface area contributed by atoms with Gasteiger partial charge in [0.05, 0.1) is 5.56 Å². The van der Waals surface area contributed by atoms with E-state index in [9.17, 15) is 18.0 Å². The van der Waals surface area contributed by atoms with Gasteiger partial charge in [-0.1, -0.05) is 12.8 Å². The van der Waals surface area contributed by atoms with Gasteiger partial charge in [-0.3, -0.25) is 4.79 Å². The number of alkyl halides is 3. The number of hydrogen-bond donors (Lipinski definition) is 0. The van der Waals surface area contributed by atoms with E-state index >= 15 is 0 Å². The molecule has 0 aromatic carbocycles. The quantitative estimate of drug-likeness (QED) is 0.689. The van der Waals surface area contributed by atoms with E-state index in [0.717, 1.165) is 44.8 Å². The molecule has 0 N–H and O–H groups in total. The number of nitrogens with zero attached hydrogens (tertiary/aromatic N) is 3. The first-order valence-corrected chi connectivity index (χ1v) is 9.92. The highest BCUT2D eigenvalue weighted by atomic mass is 79.9. The van der Waals surface area contributed by atoms with Crippen molar-refractivity contribution in [2.45, 2.75) is 44.7 Å². The van der Waals surface area contributed by atoms with Gasteiger partial charge in [0.15, 0.2) is 0 Å². The molecule has 0 unspecified atom stereocenters. The monoisotopic (exact) mass is 433 g/mol. The van der Waals surface area contributed by atoms with Crippen molar-refractivity contribution in [3.8, 4) is 0 Å². The van der Waals surface area contributed by atoms with Crippen LogP contribution in [0.4, 0.5) is 19.0 Å². The summed E-state index contributed by atoms with van der Waals surface area (Å²) in [5, 5.41) is 0. The van der Waals surface area contributed by atoms with Gasteiger partial charge in [0.1, 0.15) is 5.82 Å². The number of hydrogen-bond acceptors (Lipinski definition) is 3. The minimum atomic E-state index is -4.45. The molecule has 0 spiro atoms. The van der Waals surface area contributed by atoms with Crippen molar-refractivity contribution in [3.63, 3.8) is 0 Å². The minimum Gasteiger partial charge on any atom is -0.356 e. The maximum Gasteiger partial charge on any atom is 0.419 e. The second kappa shape index (κ2) is 8.15. The number of carbonyl (C=O) groups is 1. The molecule has 2 aliphatic rings. The molecule has 2 aliphatic heterocycles. The van der Waals surface area contributed by atoms with Gasteiger partial charge in [-0.2, -0.15) is 13.2 Å². The molecule has 26 heavy (non-hydrogen) atoms. The smallest absolute Gasteiger partial charge is 0.356 e. The Morgan fingerprint density at radius 2 is 1.69 bits per heavy atom. The highest BCUT2D eigenvalue weighted by Crippen LogP contribution is 2.38. The average Bonchev–Trinajstić information content (AvgIpc) is 2.90. The summed E-state index contributed by atoms with van der Waals surface area (Å²) < 4.78 is 40.3. The number of likely N-dealkylation sites (tertiary alicyclic amines) is 1. The van der Waals surface area contributed by atoms with Crippen molar-refractivity contribution in [1.29, 1.82) is 0 Å². The molecule has 3 heterocycles. The van der Waals surface area contributed by atoms with Crippen LogP contribution in [-0.4, -0.2) is 42.0 Å². The van der Waals surface area contributed by atoms with E-state index in [1.807, 2.05) is 4.90 Å². The zero-order chi connectivity index (χ0) is 18.7. The molecule has 2 fully saturated rings. The third-order valence-electron chi connectivity index (χ3n) is 5.20. The summed E-state index contributed by atoms with van der Waals surface area (Å²) in [7, 11) is 0. The van der Waals surface area contributed by atoms with E-state index in [1.54, 1.807) is 4.90 Å². The molecule has 0 radical (unpaired) electrons. The Labute approximate surface area is 159 Å². The van der Waals surface area contributed by atoms with Gasteiger partial charge in [0.2, 0.25) is 5.91 Å². The Hall–Kier alpha value is -1.31. The van der Waals surface area contributed by atoms with Crippen LogP contribution < -0.4 is 4.90 Å². The topological polar surface area (TPSA) is 36.4 Å². The summed E-state index contributed by atoms with van der Waals surface area (Å²) in [6.07, 6.45) is 2.50. The van der Waals surface area contributed by atoms with Gasteiger partial charge in [0.25, 0.3) is 0 Å². The van der Waals surface area contributed by atoms with Crippen LogP contribution >= 0.6 is 15.9 Å². The number of piperidine rings is 1. The van der Waals surface area contributed by atoms with Crippen molar-refractivity contribution in [2.75, 3.05) is 31.1 Å². The molecule has 0 bridgehead atoms. The Bertz CT molecular complexity index is 637. The Balaban J connectivity index is 1.66. The van der Waals surface area contributed by atoms with E-state index in [4.69, 9.17) is 0 Å². The van der Waals surface area contributed by atoms with E-state index < -0.39 is 11.7 Å². The van der Waals surface area contributed by atoms with Crippen LogP contribution in [0.15, 0.2) is 16.7 Å². The number of pyridine rings is 1. The first kappa shape index (κ1) is 19.5. The molecular formula is C18H23BrF3N3O. The van der Waals surface area contributed by atoms with Crippen molar-refractivity contribution in [2.24, 2.45) is 5.92 Å². The van der Waals surface area contributed by atoms with Crippen LogP contribution in [-0.2, 0) is 11.0 Å². The Morgan fingerprint density at radius 1 is 1.08 bits per heavy atom. The van der Waals surface area contributed by atoms with Gasteiger partial charge in [0, 0.05) is 42.8 Å². The summed E-state index contributed by atoms with van der Waals surface area (Å²) in [6.45, 7) is 2.46. The van der Waals surface area contributed by atoms with Gasteiger partial charge in [-0.15, -0.1) is 0 Å². The fraction of sp³-hybridized carbons (Fsp3) is 0.667. The maximum absolute atomic E-state index is 13.3. The third kappa shape index (κ3) is 4.50. The standard InChI is InChI=1S/C18H23BrF3N3O/c19-14-11-15(18(20,21)22)16(23-12-14)24-9-5-13(6-10-24)17(26)25-7-3-1-2-4-8-25/h11-13H,1-10H2. The zero-order valence-electron chi connectivity index (χ0n) is 14.6. The number of aromatic nitrogens is 1. The molecule has 0 saturated carbocycles. The van der Waals surface area contributed by atoms with Gasteiger partial charge in [-0.05, 0) is 47.7 Å². The van der Waals surface area contributed by atoms with E-state index in [1.165, 1.54) is 6.20 Å². The Morgan fingerprint density at radius 3 is 2.27 bits per heavy atom. The largest absolute Gasteiger partial charge is 0.419 e. The number of amides is 1. The van der Waals surface area contributed by atoms with Crippen LogP contribution in [0.25, 0.3) is 0 Å². The predicted molar refractivity (Wildman–Crippen MR) is 96.9 cm³/mol. The van der Waals surface area contributed by atoms with Gasteiger partial charge >= 0.3 is 6.18 Å².